The van der Waals surface area contributed by atoms with Gasteiger partial charge in [0.15, 0.2) is 0 Å². The molecule has 2 N–H and O–H groups in total. The zero-order chi connectivity index (χ0) is 13.2. The van der Waals surface area contributed by atoms with Gasteiger partial charge in [-0.15, -0.1) is 0 Å². The highest BCUT2D eigenvalue weighted by atomic mass is 32.2. The highest BCUT2D eigenvalue weighted by molar-refractivity contribution is 7.98. The number of benzene rings is 1. The quantitative estimate of drug-likeness (QED) is 0.711. The number of thioether (sulfide) groups is 1. The fourth-order valence-electron chi connectivity index (χ4n) is 1.65. The molecule has 4 heteroatoms. The first-order valence-corrected chi connectivity index (χ1v) is 7.74. The number of anilines is 1. The minimum Gasteiger partial charge on any atom is -0.326 e. The molecule has 1 amide bonds. The average Bonchev–Trinajstić information content (AvgIpc) is 2.38. The van der Waals surface area contributed by atoms with Crippen LogP contribution in [-0.2, 0) is 11.3 Å². The molecule has 0 radical (unpaired) electrons. The second-order valence-electron chi connectivity index (χ2n) is 4.08. The summed E-state index contributed by atoms with van der Waals surface area (Å²) >= 11 is 1.77. The minimum absolute atomic E-state index is 0.105. The number of para-hydroxylation sites is 1. The number of hydrogen-bond acceptors (Lipinski definition) is 3. The minimum atomic E-state index is 0.105. The zero-order valence-electron chi connectivity index (χ0n) is 11.2. The van der Waals surface area contributed by atoms with E-state index < -0.39 is 0 Å². The zero-order valence-corrected chi connectivity index (χ0v) is 12.0. The normalized spacial score (nSPS) is 10.3. The van der Waals surface area contributed by atoms with Crippen molar-refractivity contribution in [3.63, 3.8) is 0 Å². The van der Waals surface area contributed by atoms with Gasteiger partial charge in [-0.05, 0) is 36.6 Å². The van der Waals surface area contributed by atoms with Gasteiger partial charge in [0.1, 0.15) is 0 Å². The van der Waals surface area contributed by atoms with Crippen molar-refractivity contribution in [2.75, 3.05) is 23.9 Å². The summed E-state index contributed by atoms with van der Waals surface area (Å²) in [5.74, 6) is 1.14. The summed E-state index contributed by atoms with van der Waals surface area (Å²) in [5.41, 5.74) is 2.06. The van der Waals surface area contributed by atoms with E-state index in [1.807, 2.05) is 24.3 Å². The predicted octanol–water partition coefficient (Wildman–Crippen LogP) is 2.88. The van der Waals surface area contributed by atoms with E-state index in [-0.39, 0.29) is 5.91 Å². The maximum Gasteiger partial charge on any atom is 0.224 e. The second-order valence-corrected chi connectivity index (χ2v) is 5.07. The number of rotatable bonds is 8. The third-order valence-electron chi connectivity index (χ3n) is 2.61. The van der Waals surface area contributed by atoms with Crippen LogP contribution >= 0.6 is 11.8 Å². The topological polar surface area (TPSA) is 41.1 Å². The Morgan fingerprint density at radius 3 is 2.83 bits per heavy atom. The molecular formula is C14H22N2OS. The molecule has 0 aliphatic heterocycles. The van der Waals surface area contributed by atoms with Crippen LogP contribution in [0.3, 0.4) is 0 Å². The maximum atomic E-state index is 11.8. The lowest BCUT2D eigenvalue weighted by atomic mass is 10.1. The van der Waals surface area contributed by atoms with E-state index in [0.717, 1.165) is 36.5 Å². The molecule has 1 aromatic rings. The average molecular weight is 266 g/mol. The molecule has 0 aliphatic carbocycles. The van der Waals surface area contributed by atoms with Crippen LogP contribution in [-0.4, -0.2) is 24.5 Å². The van der Waals surface area contributed by atoms with Gasteiger partial charge in [-0.1, -0.05) is 25.1 Å². The van der Waals surface area contributed by atoms with Gasteiger partial charge in [0.25, 0.3) is 0 Å². The Balaban J connectivity index is 2.51. The SMILES string of the molecule is CCNCc1ccccc1NC(=O)CCCSC. The van der Waals surface area contributed by atoms with Crippen LogP contribution in [0.1, 0.15) is 25.3 Å². The van der Waals surface area contributed by atoms with Crippen LogP contribution in [0, 0.1) is 0 Å². The van der Waals surface area contributed by atoms with E-state index in [1.54, 1.807) is 11.8 Å². The molecule has 0 unspecified atom stereocenters. The van der Waals surface area contributed by atoms with Crippen LogP contribution < -0.4 is 10.6 Å². The molecule has 1 rings (SSSR count). The van der Waals surface area contributed by atoms with Gasteiger partial charge in [-0.2, -0.15) is 11.8 Å². The Morgan fingerprint density at radius 2 is 2.11 bits per heavy atom. The summed E-state index contributed by atoms with van der Waals surface area (Å²) in [7, 11) is 0. The summed E-state index contributed by atoms with van der Waals surface area (Å²) in [4.78, 5) is 11.8. The summed E-state index contributed by atoms with van der Waals surface area (Å²) in [6, 6.07) is 7.95. The van der Waals surface area contributed by atoms with Crippen molar-refractivity contribution >= 4 is 23.4 Å². The molecular weight excluding hydrogens is 244 g/mol. The van der Waals surface area contributed by atoms with Crippen molar-refractivity contribution in [1.82, 2.24) is 5.32 Å². The second kappa shape index (κ2) is 9.00. The molecule has 18 heavy (non-hydrogen) atoms. The Bertz CT molecular complexity index is 369. The van der Waals surface area contributed by atoms with E-state index >= 15 is 0 Å². The maximum absolute atomic E-state index is 11.8. The number of carbonyl (C=O) groups excluding carboxylic acids is 1. The highest BCUT2D eigenvalue weighted by Gasteiger charge is 2.05. The van der Waals surface area contributed by atoms with E-state index in [1.165, 1.54) is 0 Å². The third kappa shape index (κ3) is 5.56. The standard InChI is InChI=1S/C14H22N2OS/c1-3-15-11-12-7-4-5-8-13(12)16-14(17)9-6-10-18-2/h4-5,7-8,15H,3,6,9-11H2,1-2H3,(H,16,17). The van der Waals surface area contributed by atoms with Crippen molar-refractivity contribution < 1.29 is 4.79 Å². The molecule has 3 nitrogen and oxygen atoms in total. The molecule has 0 saturated heterocycles. The van der Waals surface area contributed by atoms with Crippen molar-refractivity contribution in [1.29, 1.82) is 0 Å². The van der Waals surface area contributed by atoms with Gasteiger partial charge in [0.05, 0.1) is 0 Å². The van der Waals surface area contributed by atoms with Gasteiger partial charge in [0.2, 0.25) is 5.91 Å². The smallest absolute Gasteiger partial charge is 0.224 e. The molecule has 0 fully saturated rings. The van der Waals surface area contributed by atoms with Gasteiger partial charge >= 0.3 is 0 Å². The first kappa shape index (κ1) is 15.1. The van der Waals surface area contributed by atoms with Gasteiger partial charge in [-0.25, -0.2) is 0 Å². The number of amides is 1. The monoisotopic (exact) mass is 266 g/mol. The van der Waals surface area contributed by atoms with E-state index in [9.17, 15) is 4.79 Å². The van der Waals surface area contributed by atoms with Crippen LogP contribution in [0.2, 0.25) is 0 Å². The van der Waals surface area contributed by atoms with E-state index in [2.05, 4.69) is 23.8 Å². The Kier molecular flexibility index (Phi) is 7.53. The lowest BCUT2D eigenvalue weighted by molar-refractivity contribution is -0.116. The van der Waals surface area contributed by atoms with Gasteiger partial charge in [-0.3, -0.25) is 4.79 Å². The number of carbonyl (C=O) groups is 1. The summed E-state index contributed by atoms with van der Waals surface area (Å²) < 4.78 is 0. The summed E-state index contributed by atoms with van der Waals surface area (Å²) in [5, 5.41) is 6.27. The van der Waals surface area contributed by atoms with Gasteiger partial charge < -0.3 is 10.6 Å². The molecule has 0 atom stereocenters. The number of hydrogen-bond donors (Lipinski definition) is 2. The van der Waals surface area contributed by atoms with Crippen molar-refractivity contribution in [3.8, 4) is 0 Å². The Hall–Kier alpha value is -1.000. The lowest BCUT2D eigenvalue weighted by Crippen LogP contribution is -2.16. The highest BCUT2D eigenvalue weighted by Crippen LogP contribution is 2.15. The van der Waals surface area contributed by atoms with Crippen LogP contribution in [0.4, 0.5) is 5.69 Å². The molecule has 0 aliphatic rings. The van der Waals surface area contributed by atoms with E-state index in [4.69, 9.17) is 0 Å². The largest absolute Gasteiger partial charge is 0.326 e. The first-order valence-electron chi connectivity index (χ1n) is 6.35. The predicted molar refractivity (Wildman–Crippen MR) is 80.1 cm³/mol. The molecule has 0 spiro atoms. The molecule has 0 heterocycles. The third-order valence-corrected chi connectivity index (χ3v) is 3.31. The number of nitrogens with one attached hydrogen (secondary N) is 2. The fourth-order valence-corrected chi connectivity index (χ4v) is 2.08. The summed E-state index contributed by atoms with van der Waals surface area (Å²) in [6.45, 7) is 3.79. The van der Waals surface area contributed by atoms with Crippen molar-refractivity contribution in [3.05, 3.63) is 29.8 Å². The van der Waals surface area contributed by atoms with Crippen molar-refractivity contribution in [2.24, 2.45) is 0 Å². The Morgan fingerprint density at radius 1 is 1.33 bits per heavy atom. The lowest BCUT2D eigenvalue weighted by Gasteiger charge is -2.11. The fraction of sp³-hybridized carbons (Fsp3) is 0.500. The first-order chi connectivity index (χ1) is 8.77. The summed E-state index contributed by atoms with van der Waals surface area (Å²) in [6.07, 6.45) is 3.59. The molecule has 0 aromatic heterocycles. The van der Waals surface area contributed by atoms with Crippen LogP contribution in [0.25, 0.3) is 0 Å². The molecule has 0 bridgehead atoms. The van der Waals surface area contributed by atoms with Crippen LogP contribution in [0.15, 0.2) is 24.3 Å². The Labute approximate surface area is 114 Å². The van der Waals surface area contributed by atoms with Gasteiger partial charge in [0, 0.05) is 18.7 Å². The molecule has 1 aromatic carbocycles. The van der Waals surface area contributed by atoms with Crippen molar-refractivity contribution in [2.45, 2.75) is 26.3 Å². The molecule has 100 valence electrons. The molecule has 0 saturated carbocycles. The van der Waals surface area contributed by atoms with E-state index in [0.29, 0.717) is 6.42 Å². The van der Waals surface area contributed by atoms with Crippen LogP contribution in [0.5, 0.6) is 0 Å².